The van der Waals surface area contributed by atoms with Crippen molar-refractivity contribution >= 4 is 17.7 Å². The van der Waals surface area contributed by atoms with E-state index in [1.165, 1.54) is 0 Å². The molecule has 1 aromatic carbocycles. The number of carbonyl (C=O) groups is 2. The van der Waals surface area contributed by atoms with E-state index in [4.69, 9.17) is 4.74 Å². The van der Waals surface area contributed by atoms with Crippen LogP contribution in [0.5, 0.6) is 0 Å². The average molecular weight is 264 g/mol. The Labute approximate surface area is 113 Å². The van der Waals surface area contributed by atoms with Crippen molar-refractivity contribution in [2.75, 3.05) is 18.5 Å². The third kappa shape index (κ3) is 5.42. The number of esters is 1. The van der Waals surface area contributed by atoms with E-state index in [1.54, 1.807) is 31.2 Å². The van der Waals surface area contributed by atoms with Gasteiger partial charge < -0.3 is 15.4 Å². The third-order valence-electron chi connectivity index (χ3n) is 2.30. The Kier molecular flexibility index (Phi) is 5.85. The molecule has 0 aromatic heterocycles. The third-order valence-corrected chi connectivity index (χ3v) is 2.30. The Morgan fingerprint density at radius 1 is 1.32 bits per heavy atom. The van der Waals surface area contributed by atoms with Crippen LogP contribution in [0.25, 0.3) is 0 Å². The van der Waals surface area contributed by atoms with E-state index >= 15 is 0 Å². The number of nitrogens with one attached hydrogen (secondary N) is 2. The molecule has 1 rings (SSSR count). The van der Waals surface area contributed by atoms with Crippen LogP contribution in [0.2, 0.25) is 0 Å². The lowest BCUT2D eigenvalue weighted by Crippen LogP contribution is -2.31. The first-order chi connectivity index (χ1) is 9.02. The summed E-state index contributed by atoms with van der Waals surface area (Å²) in [4.78, 5) is 23.1. The molecule has 104 valence electrons. The smallest absolute Gasteiger partial charge is 0.338 e. The van der Waals surface area contributed by atoms with Crippen LogP contribution in [-0.4, -0.2) is 25.2 Å². The first-order valence-corrected chi connectivity index (χ1v) is 6.35. The van der Waals surface area contributed by atoms with Crippen LogP contribution < -0.4 is 10.6 Å². The fraction of sp³-hybridized carbons (Fsp3) is 0.429. The normalized spacial score (nSPS) is 10.1. The lowest BCUT2D eigenvalue weighted by Gasteiger charge is -2.10. The van der Waals surface area contributed by atoms with Crippen molar-refractivity contribution in [3.63, 3.8) is 0 Å². The van der Waals surface area contributed by atoms with Gasteiger partial charge in [0.15, 0.2) is 0 Å². The van der Waals surface area contributed by atoms with Gasteiger partial charge in [-0.25, -0.2) is 9.59 Å². The van der Waals surface area contributed by atoms with E-state index in [2.05, 4.69) is 10.6 Å². The highest BCUT2D eigenvalue weighted by Crippen LogP contribution is 2.11. The Morgan fingerprint density at radius 3 is 2.68 bits per heavy atom. The summed E-state index contributed by atoms with van der Waals surface area (Å²) < 4.78 is 4.90. The van der Waals surface area contributed by atoms with E-state index in [9.17, 15) is 9.59 Å². The first kappa shape index (κ1) is 15.0. The predicted octanol–water partition coefficient (Wildman–Crippen LogP) is 2.64. The highest BCUT2D eigenvalue weighted by Gasteiger charge is 2.08. The number of amides is 2. The minimum Gasteiger partial charge on any atom is -0.462 e. The van der Waals surface area contributed by atoms with Gasteiger partial charge in [0.25, 0.3) is 0 Å². The molecule has 0 radical (unpaired) electrons. The molecule has 0 saturated heterocycles. The number of carbonyl (C=O) groups excluding carboxylic acids is 2. The summed E-state index contributed by atoms with van der Waals surface area (Å²) in [6.07, 6.45) is 0. The van der Waals surface area contributed by atoms with Crippen LogP contribution in [0.15, 0.2) is 24.3 Å². The van der Waals surface area contributed by atoms with E-state index < -0.39 is 5.97 Å². The molecule has 0 fully saturated rings. The second-order valence-corrected chi connectivity index (χ2v) is 4.53. The monoisotopic (exact) mass is 264 g/mol. The lowest BCUT2D eigenvalue weighted by atomic mass is 10.2. The maximum atomic E-state index is 11.6. The van der Waals surface area contributed by atoms with Gasteiger partial charge in [-0.1, -0.05) is 19.9 Å². The van der Waals surface area contributed by atoms with Gasteiger partial charge in [0, 0.05) is 12.2 Å². The fourth-order valence-electron chi connectivity index (χ4n) is 1.41. The summed E-state index contributed by atoms with van der Waals surface area (Å²) >= 11 is 0. The molecular formula is C14H20N2O3. The van der Waals surface area contributed by atoms with E-state index in [-0.39, 0.29) is 6.03 Å². The van der Waals surface area contributed by atoms with Crippen LogP contribution in [0.3, 0.4) is 0 Å². The number of hydrogen-bond acceptors (Lipinski definition) is 3. The molecule has 0 bridgehead atoms. The molecule has 5 heteroatoms. The number of urea groups is 1. The summed E-state index contributed by atoms with van der Waals surface area (Å²) in [7, 11) is 0. The number of benzene rings is 1. The van der Waals surface area contributed by atoms with Crippen molar-refractivity contribution in [2.24, 2.45) is 5.92 Å². The molecule has 2 amide bonds. The van der Waals surface area contributed by atoms with Gasteiger partial charge in [0.1, 0.15) is 0 Å². The van der Waals surface area contributed by atoms with Gasteiger partial charge in [-0.05, 0) is 31.0 Å². The molecule has 0 saturated carbocycles. The van der Waals surface area contributed by atoms with Crippen LogP contribution in [0.4, 0.5) is 10.5 Å². The minimum absolute atomic E-state index is 0.283. The Hall–Kier alpha value is -2.04. The van der Waals surface area contributed by atoms with Crippen LogP contribution in [0, 0.1) is 5.92 Å². The summed E-state index contributed by atoms with van der Waals surface area (Å²) in [5.74, 6) is -0.00893. The molecule has 0 aliphatic heterocycles. The first-order valence-electron chi connectivity index (χ1n) is 6.35. The molecule has 2 N–H and O–H groups in total. The topological polar surface area (TPSA) is 67.4 Å². The van der Waals surface area contributed by atoms with Gasteiger partial charge in [0.2, 0.25) is 0 Å². The fourth-order valence-corrected chi connectivity index (χ4v) is 1.41. The predicted molar refractivity (Wildman–Crippen MR) is 74.3 cm³/mol. The molecule has 0 aliphatic rings. The Morgan fingerprint density at radius 2 is 2.05 bits per heavy atom. The summed E-state index contributed by atoms with van der Waals surface area (Å²) in [6.45, 7) is 6.71. The minimum atomic E-state index is -0.395. The molecule has 19 heavy (non-hydrogen) atoms. The maximum Gasteiger partial charge on any atom is 0.338 e. The molecule has 0 heterocycles. The Bertz CT molecular complexity index is 444. The van der Waals surface area contributed by atoms with Crippen LogP contribution in [-0.2, 0) is 4.74 Å². The highest BCUT2D eigenvalue weighted by molar-refractivity contribution is 5.93. The van der Waals surface area contributed by atoms with Crippen molar-refractivity contribution in [3.05, 3.63) is 29.8 Å². The maximum absolute atomic E-state index is 11.6. The molecular weight excluding hydrogens is 244 g/mol. The number of hydrogen-bond donors (Lipinski definition) is 2. The zero-order chi connectivity index (χ0) is 14.3. The van der Waals surface area contributed by atoms with Crippen LogP contribution >= 0.6 is 0 Å². The average Bonchev–Trinajstić information content (AvgIpc) is 2.37. The number of rotatable bonds is 5. The molecule has 0 atom stereocenters. The summed E-state index contributed by atoms with van der Waals surface area (Å²) in [5, 5.41) is 5.42. The number of anilines is 1. The summed E-state index contributed by atoms with van der Waals surface area (Å²) in [6, 6.07) is 6.37. The lowest BCUT2D eigenvalue weighted by molar-refractivity contribution is 0.0526. The van der Waals surface area contributed by atoms with Gasteiger partial charge in [0.05, 0.1) is 12.2 Å². The van der Waals surface area contributed by atoms with E-state index in [0.29, 0.717) is 30.3 Å². The van der Waals surface area contributed by atoms with Gasteiger partial charge in [-0.2, -0.15) is 0 Å². The molecule has 5 nitrogen and oxygen atoms in total. The second kappa shape index (κ2) is 7.41. The zero-order valence-corrected chi connectivity index (χ0v) is 11.5. The Balaban J connectivity index is 2.61. The second-order valence-electron chi connectivity index (χ2n) is 4.53. The zero-order valence-electron chi connectivity index (χ0n) is 11.5. The SMILES string of the molecule is CCOC(=O)c1cccc(NC(=O)NCC(C)C)c1. The highest BCUT2D eigenvalue weighted by atomic mass is 16.5. The van der Waals surface area contributed by atoms with Gasteiger partial charge in [-0.3, -0.25) is 0 Å². The van der Waals surface area contributed by atoms with E-state index in [1.807, 2.05) is 13.8 Å². The molecule has 0 spiro atoms. The van der Waals surface area contributed by atoms with Crippen molar-refractivity contribution in [1.82, 2.24) is 5.32 Å². The molecule has 0 aliphatic carbocycles. The van der Waals surface area contributed by atoms with Crippen molar-refractivity contribution in [3.8, 4) is 0 Å². The standard InChI is InChI=1S/C14H20N2O3/c1-4-19-13(17)11-6-5-7-12(8-11)16-14(18)15-9-10(2)3/h5-8,10H,4,9H2,1-3H3,(H2,15,16,18). The van der Waals surface area contributed by atoms with E-state index in [0.717, 1.165) is 0 Å². The largest absolute Gasteiger partial charge is 0.462 e. The van der Waals surface area contributed by atoms with Crippen molar-refractivity contribution in [1.29, 1.82) is 0 Å². The molecule has 1 aromatic rings. The summed E-state index contributed by atoms with van der Waals surface area (Å²) in [5.41, 5.74) is 0.982. The molecule has 0 unspecified atom stereocenters. The van der Waals surface area contributed by atoms with Crippen molar-refractivity contribution < 1.29 is 14.3 Å². The van der Waals surface area contributed by atoms with Gasteiger partial charge >= 0.3 is 12.0 Å². The van der Waals surface area contributed by atoms with Crippen molar-refractivity contribution in [2.45, 2.75) is 20.8 Å². The quantitative estimate of drug-likeness (QED) is 0.803. The van der Waals surface area contributed by atoms with Crippen LogP contribution in [0.1, 0.15) is 31.1 Å². The van der Waals surface area contributed by atoms with Gasteiger partial charge in [-0.15, -0.1) is 0 Å². The number of ether oxygens (including phenoxy) is 1.